The van der Waals surface area contributed by atoms with E-state index in [9.17, 15) is 22.8 Å². The van der Waals surface area contributed by atoms with Crippen LogP contribution in [0.4, 0.5) is 13.2 Å². The summed E-state index contributed by atoms with van der Waals surface area (Å²) in [5, 5.41) is 4.97. The third kappa shape index (κ3) is 3.23. The van der Waals surface area contributed by atoms with Gasteiger partial charge in [-0.15, -0.1) is 0 Å². The third-order valence-electron chi connectivity index (χ3n) is 3.94. The van der Waals surface area contributed by atoms with Crippen molar-refractivity contribution < 1.29 is 22.8 Å². The fourth-order valence-corrected chi connectivity index (χ4v) is 2.78. The minimum absolute atomic E-state index is 0.231. The molecule has 1 fully saturated rings. The van der Waals surface area contributed by atoms with E-state index in [0.29, 0.717) is 25.0 Å². The highest BCUT2D eigenvalue weighted by Crippen LogP contribution is 2.25. The summed E-state index contributed by atoms with van der Waals surface area (Å²) < 4.78 is 40.4. The molecule has 4 nitrogen and oxygen atoms in total. The first-order valence-electron chi connectivity index (χ1n) is 7.11. The largest absolute Gasteiger partial charge is 0.359 e. The maximum Gasteiger partial charge on any atom is 0.257 e. The van der Waals surface area contributed by atoms with Crippen molar-refractivity contribution >= 4 is 11.8 Å². The van der Waals surface area contributed by atoms with E-state index in [0.717, 1.165) is 12.8 Å². The highest BCUT2D eigenvalue weighted by atomic mass is 19.2. The zero-order chi connectivity index (χ0) is 16.3. The molecular weight excluding hydrogens is 297 g/mol. The molecule has 120 valence electrons. The molecular formula is C15H17F3N2O2. The van der Waals surface area contributed by atoms with Crippen molar-refractivity contribution in [2.75, 3.05) is 7.05 Å². The summed E-state index contributed by atoms with van der Waals surface area (Å²) in [6.07, 6.45) is 2.75. The van der Waals surface area contributed by atoms with E-state index >= 15 is 0 Å². The fourth-order valence-electron chi connectivity index (χ4n) is 2.78. The molecule has 2 rings (SSSR count). The summed E-state index contributed by atoms with van der Waals surface area (Å²) in [5.41, 5.74) is -0.957. The third-order valence-corrected chi connectivity index (χ3v) is 3.94. The Morgan fingerprint density at radius 1 is 1.09 bits per heavy atom. The average Bonchev–Trinajstić information content (AvgIpc) is 2.51. The summed E-state index contributed by atoms with van der Waals surface area (Å²) >= 11 is 0. The molecule has 0 saturated heterocycles. The molecule has 2 atom stereocenters. The Labute approximate surface area is 126 Å². The standard InChI is InChI=1S/C15H17F3N2O2/c1-19-14(21)8-4-2-3-5-11(8)20-15(22)12-9(16)6-7-10(17)13(12)18/h6-8,11H,2-5H2,1H3,(H,19,21)(H,20,22)/t8-,11-/m1/s1. The number of rotatable bonds is 3. The van der Waals surface area contributed by atoms with Gasteiger partial charge in [-0.1, -0.05) is 12.8 Å². The van der Waals surface area contributed by atoms with Crippen molar-refractivity contribution in [3.8, 4) is 0 Å². The number of hydrogen-bond donors (Lipinski definition) is 2. The monoisotopic (exact) mass is 314 g/mol. The molecule has 2 amide bonds. The molecule has 7 heteroatoms. The number of amides is 2. The molecule has 0 radical (unpaired) electrons. The minimum Gasteiger partial charge on any atom is -0.359 e. The number of hydrogen-bond acceptors (Lipinski definition) is 2. The first-order chi connectivity index (χ1) is 10.5. The van der Waals surface area contributed by atoms with Crippen LogP contribution in [-0.4, -0.2) is 24.9 Å². The van der Waals surface area contributed by atoms with Crippen LogP contribution in [0.5, 0.6) is 0 Å². The Morgan fingerprint density at radius 2 is 1.73 bits per heavy atom. The molecule has 0 spiro atoms. The predicted molar refractivity (Wildman–Crippen MR) is 73.6 cm³/mol. The second kappa shape index (κ2) is 6.81. The molecule has 1 aliphatic carbocycles. The molecule has 1 saturated carbocycles. The Bertz CT molecular complexity index is 592. The van der Waals surface area contributed by atoms with Crippen molar-refractivity contribution in [1.29, 1.82) is 0 Å². The summed E-state index contributed by atoms with van der Waals surface area (Å²) in [5.74, 6) is -5.69. The quantitative estimate of drug-likeness (QED) is 0.840. The van der Waals surface area contributed by atoms with Gasteiger partial charge in [-0.2, -0.15) is 0 Å². The minimum atomic E-state index is -1.52. The van der Waals surface area contributed by atoms with Crippen LogP contribution in [-0.2, 0) is 4.79 Å². The fraction of sp³-hybridized carbons (Fsp3) is 0.467. The van der Waals surface area contributed by atoms with E-state index < -0.39 is 40.9 Å². The van der Waals surface area contributed by atoms with Crippen LogP contribution in [0.1, 0.15) is 36.0 Å². The van der Waals surface area contributed by atoms with E-state index in [2.05, 4.69) is 10.6 Å². The van der Waals surface area contributed by atoms with Crippen molar-refractivity contribution in [3.05, 3.63) is 35.1 Å². The van der Waals surface area contributed by atoms with E-state index in [4.69, 9.17) is 0 Å². The molecule has 0 aliphatic heterocycles. The van der Waals surface area contributed by atoms with Crippen molar-refractivity contribution in [2.24, 2.45) is 5.92 Å². The summed E-state index contributed by atoms with van der Waals surface area (Å²) in [7, 11) is 1.49. The lowest BCUT2D eigenvalue weighted by molar-refractivity contribution is -0.126. The van der Waals surface area contributed by atoms with Crippen LogP contribution in [0, 0.1) is 23.4 Å². The van der Waals surface area contributed by atoms with Gasteiger partial charge in [0.05, 0.1) is 5.92 Å². The van der Waals surface area contributed by atoms with Gasteiger partial charge < -0.3 is 10.6 Å². The topological polar surface area (TPSA) is 58.2 Å². The molecule has 1 aromatic rings. The average molecular weight is 314 g/mol. The van der Waals surface area contributed by atoms with Gasteiger partial charge in [0.25, 0.3) is 5.91 Å². The van der Waals surface area contributed by atoms with Gasteiger partial charge in [-0.25, -0.2) is 13.2 Å². The van der Waals surface area contributed by atoms with E-state index in [1.165, 1.54) is 7.05 Å². The normalized spacial score (nSPS) is 21.3. The maximum absolute atomic E-state index is 13.6. The van der Waals surface area contributed by atoms with E-state index in [1.54, 1.807) is 0 Å². The van der Waals surface area contributed by atoms with Crippen molar-refractivity contribution in [1.82, 2.24) is 10.6 Å². The molecule has 0 heterocycles. The van der Waals surface area contributed by atoms with Crippen LogP contribution in [0.2, 0.25) is 0 Å². The van der Waals surface area contributed by atoms with Crippen LogP contribution in [0.25, 0.3) is 0 Å². The second-order valence-corrected chi connectivity index (χ2v) is 5.30. The lowest BCUT2D eigenvalue weighted by Crippen LogP contribution is -2.48. The highest BCUT2D eigenvalue weighted by molar-refractivity contribution is 5.95. The van der Waals surface area contributed by atoms with Gasteiger partial charge in [0.15, 0.2) is 11.6 Å². The first-order valence-corrected chi connectivity index (χ1v) is 7.11. The molecule has 22 heavy (non-hydrogen) atoms. The molecule has 0 unspecified atom stereocenters. The van der Waals surface area contributed by atoms with Crippen LogP contribution >= 0.6 is 0 Å². The van der Waals surface area contributed by atoms with Crippen LogP contribution in [0.15, 0.2) is 12.1 Å². The molecule has 2 N–H and O–H groups in total. The van der Waals surface area contributed by atoms with Gasteiger partial charge in [0, 0.05) is 13.1 Å². The molecule has 1 aromatic carbocycles. The lowest BCUT2D eigenvalue weighted by atomic mass is 9.83. The molecule has 1 aliphatic rings. The highest BCUT2D eigenvalue weighted by Gasteiger charge is 2.33. The van der Waals surface area contributed by atoms with Gasteiger partial charge in [-0.05, 0) is 25.0 Å². The zero-order valence-electron chi connectivity index (χ0n) is 12.1. The van der Waals surface area contributed by atoms with Gasteiger partial charge in [0.1, 0.15) is 11.4 Å². The number of benzene rings is 1. The summed E-state index contributed by atoms with van der Waals surface area (Å²) in [6, 6.07) is 0.795. The Kier molecular flexibility index (Phi) is 5.05. The van der Waals surface area contributed by atoms with Crippen molar-refractivity contribution in [3.63, 3.8) is 0 Å². The summed E-state index contributed by atoms with van der Waals surface area (Å²) in [4.78, 5) is 23.9. The number of carbonyl (C=O) groups is 2. The number of halogens is 3. The van der Waals surface area contributed by atoms with Gasteiger partial charge >= 0.3 is 0 Å². The predicted octanol–water partition coefficient (Wildman–Crippen LogP) is 2.14. The van der Waals surface area contributed by atoms with E-state index in [1.807, 2.05) is 0 Å². The maximum atomic E-state index is 13.6. The zero-order valence-corrected chi connectivity index (χ0v) is 12.1. The Morgan fingerprint density at radius 3 is 2.41 bits per heavy atom. The summed E-state index contributed by atoms with van der Waals surface area (Å²) in [6.45, 7) is 0. The number of nitrogens with one attached hydrogen (secondary N) is 2. The molecule has 0 aromatic heterocycles. The van der Waals surface area contributed by atoms with Gasteiger partial charge in [-0.3, -0.25) is 9.59 Å². The van der Waals surface area contributed by atoms with Crippen LogP contribution < -0.4 is 10.6 Å². The van der Waals surface area contributed by atoms with E-state index in [-0.39, 0.29) is 5.91 Å². The number of carbonyl (C=O) groups excluding carboxylic acids is 2. The van der Waals surface area contributed by atoms with Crippen molar-refractivity contribution in [2.45, 2.75) is 31.7 Å². The lowest BCUT2D eigenvalue weighted by Gasteiger charge is -2.30. The first kappa shape index (κ1) is 16.3. The Hall–Kier alpha value is -2.05. The van der Waals surface area contributed by atoms with Crippen LogP contribution in [0.3, 0.4) is 0 Å². The van der Waals surface area contributed by atoms with Gasteiger partial charge in [0.2, 0.25) is 5.91 Å². The smallest absolute Gasteiger partial charge is 0.257 e. The second-order valence-electron chi connectivity index (χ2n) is 5.30. The Balaban J connectivity index is 2.20. The molecule has 0 bridgehead atoms. The SMILES string of the molecule is CNC(=O)[C@@H]1CCCC[C@H]1NC(=O)c1c(F)ccc(F)c1F.